The second-order valence-corrected chi connectivity index (χ2v) is 4.80. The van der Waals surface area contributed by atoms with Crippen molar-refractivity contribution in [3.8, 4) is 0 Å². The molecule has 3 N–H and O–H groups in total. The van der Waals surface area contributed by atoms with Gasteiger partial charge in [-0.2, -0.15) is 0 Å². The van der Waals surface area contributed by atoms with Crippen LogP contribution in [0.3, 0.4) is 0 Å². The predicted octanol–water partition coefficient (Wildman–Crippen LogP) is 0.473. The van der Waals surface area contributed by atoms with Crippen LogP contribution in [-0.4, -0.2) is 44.1 Å². The zero-order valence-electron chi connectivity index (χ0n) is 12.8. The van der Waals surface area contributed by atoms with Crippen LogP contribution in [0.4, 0.5) is 10.6 Å². The minimum Gasteiger partial charge on any atom is -0.363 e. The van der Waals surface area contributed by atoms with E-state index in [4.69, 9.17) is 0 Å². The first-order valence-corrected chi connectivity index (χ1v) is 6.93. The Morgan fingerprint density at radius 2 is 2.00 bits per heavy atom. The van der Waals surface area contributed by atoms with E-state index in [0.717, 1.165) is 17.8 Å². The van der Waals surface area contributed by atoms with Crippen LogP contribution in [0.2, 0.25) is 0 Å². The van der Waals surface area contributed by atoms with Crippen LogP contribution in [0.5, 0.6) is 0 Å². The molecule has 1 rings (SSSR count). The molecule has 0 aromatic carbocycles. The molecule has 1 aromatic heterocycles. The van der Waals surface area contributed by atoms with E-state index in [1.54, 1.807) is 6.20 Å². The van der Waals surface area contributed by atoms with E-state index in [-0.39, 0.29) is 18.5 Å². The zero-order valence-corrected chi connectivity index (χ0v) is 12.8. The fourth-order valence-corrected chi connectivity index (χ4v) is 1.55. The van der Waals surface area contributed by atoms with Crippen molar-refractivity contribution in [2.24, 2.45) is 0 Å². The maximum Gasteiger partial charge on any atom is 0.315 e. The van der Waals surface area contributed by atoms with E-state index in [9.17, 15) is 9.59 Å². The van der Waals surface area contributed by atoms with Crippen molar-refractivity contribution in [1.29, 1.82) is 0 Å². The lowest BCUT2D eigenvalue weighted by Gasteiger charge is -2.12. The van der Waals surface area contributed by atoms with Gasteiger partial charge in [0, 0.05) is 33.4 Å². The lowest BCUT2D eigenvalue weighted by atomic mass is 10.2. The summed E-state index contributed by atoms with van der Waals surface area (Å²) in [6.45, 7) is 2.94. The van der Waals surface area contributed by atoms with Gasteiger partial charge in [-0.3, -0.25) is 4.79 Å². The number of urea groups is 1. The number of carbonyl (C=O) groups is 2. The van der Waals surface area contributed by atoms with Crippen LogP contribution >= 0.6 is 0 Å². The average Bonchev–Trinajstić information content (AvgIpc) is 2.49. The summed E-state index contributed by atoms with van der Waals surface area (Å²) in [5, 5.41) is 7.90. The highest BCUT2D eigenvalue weighted by atomic mass is 16.2. The Morgan fingerprint density at radius 1 is 1.24 bits per heavy atom. The molecule has 7 heteroatoms. The van der Waals surface area contributed by atoms with Crippen molar-refractivity contribution in [1.82, 2.24) is 20.9 Å². The van der Waals surface area contributed by atoms with Crippen LogP contribution in [0, 0.1) is 0 Å². The summed E-state index contributed by atoms with van der Waals surface area (Å²) >= 11 is 0. The molecular formula is C14H23N5O2. The Morgan fingerprint density at radius 3 is 2.67 bits per heavy atom. The van der Waals surface area contributed by atoms with Gasteiger partial charge in [-0.1, -0.05) is 6.92 Å². The number of nitrogens with zero attached hydrogens (tertiary/aromatic N) is 2. The summed E-state index contributed by atoms with van der Waals surface area (Å²) in [5.41, 5.74) is 0.944. The molecular weight excluding hydrogens is 270 g/mol. The van der Waals surface area contributed by atoms with Gasteiger partial charge in [-0.15, -0.1) is 0 Å². The first-order valence-electron chi connectivity index (χ1n) is 6.93. The van der Waals surface area contributed by atoms with E-state index in [1.807, 2.05) is 38.1 Å². The number of anilines is 1. The van der Waals surface area contributed by atoms with Crippen molar-refractivity contribution in [2.45, 2.75) is 19.9 Å². The predicted molar refractivity (Wildman–Crippen MR) is 82.1 cm³/mol. The third-order valence-corrected chi connectivity index (χ3v) is 2.70. The molecule has 0 fully saturated rings. The van der Waals surface area contributed by atoms with Crippen molar-refractivity contribution in [2.75, 3.05) is 32.1 Å². The van der Waals surface area contributed by atoms with Gasteiger partial charge in [0.15, 0.2) is 0 Å². The highest BCUT2D eigenvalue weighted by molar-refractivity contribution is 5.83. The Bertz CT molecular complexity index is 476. The summed E-state index contributed by atoms with van der Waals surface area (Å²) in [4.78, 5) is 29.0. The van der Waals surface area contributed by atoms with Crippen molar-refractivity contribution in [3.63, 3.8) is 0 Å². The number of pyridine rings is 1. The summed E-state index contributed by atoms with van der Waals surface area (Å²) in [6.07, 6.45) is 2.57. The Balaban J connectivity index is 2.33. The second kappa shape index (κ2) is 8.78. The maximum atomic E-state index is 11.6. The molecule has 0 atom stereocenters. The Kier molecular flexibility index (Phi) is 7.00. The molecule has 0 aliphatic rings. The number of hydrogen-bond acceptors (Lipinski definition) is 4. The molecule has 0 aliphatic heterocycles. The first-order chi connectivity index (χ1) is 10.0. The van der Waals surface area contributed by atoms with Crippen molar-refractivity contribution in [3.05, 3.63) is 23.9 Å². The quantitative estimate of drug-likeness (QED) is 0.682. The summed E-state index contributed by atoms with van der Waals surface area (Å²) in [6, 6.07) is 3.36. The lowest BCUT2D eigenvalue weighted by molar-refractivity contribution is -0.120. The molecule has 7 nitrogen and oxygen atoms in total. The minimum atomic E-state index is -0.370. The molecule has 1 aromatic rings. The highest BCUT2D eigenvalue weighted by Crippen LogP contribution is 2.08. The molecule has 0 bridgehead atoms. The van der Waals surface area contributed by atoms with Gasteiger partial charge in [0.05, 0.1) is 6.54 Å². The second-order valence-electron chi connectivity index (χ2n) is 4.80. The van der Waals surface area contributed by atoms with Crippen molar-refractivity contribution < 1.29 is 9.59 Å². The van der Waals surface area contributed by atoms with Gasteiger partial charge in [0.25, 0.3) is 0 Å². The molecule has 1 heterocycles. The Hall–Kier alpha value is -2.31. The fourth-order valence-electron chi connectivity index (χ4n) is 1.55. The zero-order chi connectivity index (χ0) is 15.7. The van der Waals surface area contributed by atoms with Crippen LogP contribution in [0.1, 0.15) is 18.9 Å². The van der Waals surface area contributed by atoms with E-state index >= 15 is 0 Å². The number of aromatic nitrogens is 1. The monoisotopic (exact) mass is 293 g/mol. The largest absolute Gasteiger partial charge is 0.363 e. The summed E-state index contributed by atoms with van der Waals surface area (Å²) in [7, 11) is 3.81. The van der Waals surface area contributed by atoms with Crippen LogP contribution < -0.4 is 20.9 Å². The van der Waals surface area contributed by atoms with E-state index in [0.29, 0.717) is 13.1 Å². The fraction of sp³-hybridized carbons (Fsp3) is 0.500. The average molecular weight is 293 g/mol. The molecule has 0 saturated carbocycles. The van der Waals surface area contributed by atoms with Gasteiger partial charge in [0.1, 0.15) is 5.82 Å². The van der Waals surface area contributed by atoms with Gasteiger partial charge < -0.3 is 20.9 Å². The normalized spacial score (nSPS) is 9.86. The molecule has 0 aliphatic carbocycles. The Labute approximate surface area is 125 Å². The number of carbonyl (C=O) groups excluding carboxylic acids is 2. The third kappa shape index (κ3) is 6.60. The number of hydrogen-bond donors (Lipinski definition) is 3. The smallest absolute Gasteiger partial charge is 0.315 e. The highest BCUT2D eigenvalue weighted by Gasteiger charge is 2.05. The maximum absolute atomic E-state index is 11.6. The standard InChI is InChI=1S/C14H23N5O2/c1-4-6-16-13(20)10-18-14(21)17-9-11-5-7-15-12(8-11)19(2)3/h5,7-8H,4,6,9-10H2,1-3H3,(H,16,20)(H2,17,18,21). The third-order valence-electron chi connectivity index (χ3n) is 2.70. The number of nitrogens with one attached hydrogen (secondary N) is 3. The molecule has 21 heavy (non-hydrogen) atoms. The van der Waals surface area contributed by atoms with Crippen molar-refractivity contribution >= 4 is 17.8 Å². The van der Waals surface area contributed by atoms with E-state index in [2.05, 4.69) is 20.9 Å². The van der Waals surface area contributed by atoms with E-state index < -0.39 is 0 Å². The van der Waals surface area contributed by atoms with Gasteiger partial charge in [-0.05, 0) is 24.1 Å². The molecule has 0 radical (unpaired) electrons. The van der Waals surface area contributed by atoms with Crippen LogP contribution in [0.25, 0.3) is 0 Å². The van der Waals surface area contributed by atoms with Gasteiger partial charge >= 0.3 is 6.03 Å². The number of rotatable bonds is 7. The molecule has 0 unspecified atom stereocenters. The molecule has 116 valence electrons. The summed E-state index contributed by atoms with van der Waals surface area (Å²) in [5.74, 6) is 0.638. The first kappa shape index (κ1) is 16.7. The van der Waals surface area contributed by atoms with E-state index in [1.165, 1.54) is 0 Å². The minimum absolute atomic E-state index is 0.0227. The van der Waals surface area contributed by atoms with Crippen LogP contribution in [0.15, 0.2) is 18.3 Å². The number of amides is 3. The molecule has 0 spiro atoms. The SMILES string of the molecule is CCCNC(=O)CNC(=O)NCc1ccnc(N(C)C)c1. The lowest BCUT2D eigenvalue weighted by Crippen LogP contribution is -2.41. The van der Waals surface area contributed by atoms with Gasteiger partial charge in [0.2, 0.25) is 5.91 Å². The molecule has 3 amide bonds. The topological polar surface area (TPSA) is 86.4 Å². The van der Waals surface area contributed by atoms with Crippen LogP contribution in [-0.2, 0) is 11.3 Å². The summed E-state index contributed by atoms with van der Waals surface area (Å²) < 4.78 is 0. The van der Waals surface area contributed by atoms with Gasteiger partial charge in [-0.25, -0.2) is 9.78 Å². The molecule has 0 saturated heterocycles.